The van der Waals surface area contributed by atoms with Gasteiger partial charge in [0.25, 0.3) is 0 Å². The molecule has 0 aliphatic heterocycles. The molecule has 2 aromatic carbocycles. The van der Waals surface area contributed by atoms with E-state index in [1.165, 1.54) is 41.1 Å². The number of hydrogen-bond acceptors (Lipinski definition) is 3. The second-order valence-corrected chi connectivity index (χ2v) is 8.36. The first-order valence-corrected chi connectivity index (χ1v) is 9.62. The average Bonchev–Trinajstić information content (AvgIpc) is 2.69. The van der Waals surface area contributed by atoms with E-state index >= 15 is 0 Å². The van der Waals surface area contributed by atoms with E-state index in [0.29, 0.717) is 11.1 Å². The molecule has 164 valence electrons. The number of amides is 1. The third-order valence-electron chi connectivity index (χ3n) is 5.51. The van der Waals surface area contributed by atoms with E-state index in [1.807, 2.05) is 0 Å². The summed E-state index contributed by atoms with van der Waals surface area (Å²) in [5, 5.41) is 11.2. The van der Waals surface area contributed by atoms with Crippen molar-refractivity contribution in [2.24, 2.45) is 5.73 Å². The fourth-order valence-corrected chi connectivity index (χ4v) is 3.85. The van der Waals surface area contributed by atoms with Gasteiger partial charge in [-0.25, -0.2) is 0 Å². The highest BCUT2D eigenvalue weighted by molar-refractivity contribution is 5.93. The number of primary amides is 1. The van der Waals surface area contributed by atoms with Gasteiger partial charge in [0.2, 0.25) is 5.91 Å². The monoisotopic (exact) mass is 432 g/mol. The zero-order valence-corrected chi connectivity index (χ0v) is 17.1. The summed E-state index contributed by atoms with van der Waals surface area (Å²) in [6.45, 7) is 2.33. The number of benzene rings is 2. The Hall–Kier alpha value is -3.13. The van der Waals surface area contributed by atoms with Gasteiger partial charge in [0, 0.05) is 23.2 Å². The Kier molecular flexibility index (Phi) is 5.71. The van der Waals surface area contributed by atoms with Crippen molar-refractivity contribution < 1.29 is 23.1 Å². The van der Waals surface area contributed by atoms with Gasteiger partial charge in [-0.2, -0.15) is 13.2 Å². The molecule has 0 bridgehead atoms. The molecule has 0 fully saturated rings. The number of halogens is 3. The van der Waals surface area contributed by atoms with Crippen molar-refractivity contribution in [2.45, 2.75) is 44.0 Å². The van der Waals surface area contributed by atoms with Crippen molar-refractivity contribution in [1.29, 1.82) is 0 Å². The fraction of sp³-hybridized carbons (Fsp3) is 0.304. The van der Waals surface area contributed by atoms with E-state index in [4.69, 9.17) is 5.73 Å². The molecule has 3 N–H and O–H groups in total. The predicted molar refractivity (Wildman–Crippen MR) is 112 cm³/mol. The van der Waals surface area contributed by atoms with Gasteiger partial charge in [-0.3, -0.25) is 9.59 Å². The van der Waals surface area contributed by atoms with Gasteiger partial charge < -0.3 is 15.4 Å². The van der Waals surface area contributed by atoms with Gasteiger partial charge in [0.15, 0.2) is 11.0 Å². The molecular formula is C23H23F3N2O3. The zero-order chi connectivity index (χ0) is 23.0. The van der Waals surface area contributed by atoms with E-state index < -0.39 is 36.1 Å². The first-order chi connectivity index (χ1) is 14.3. The van der Waals surface area contributed by atoms with E-state index in [1.54, 1.807) is 38.1 Å². The molecule has 1 amide bonds. The molecule has 0 spiro atoms. The summed E-state index contributed by atoms with van der Waals surface area (Å²) in [5.74, 6) is -0.691. The summed E-state index contributed by atoms with van der Waals surface area (Å²) in [6, 6.07) is 13.5. The zero-order valence-electron chi connectivity index (χ0n) is 17.1. The number of aromatic nitrogens is 1. The third-order valence-corrected chi connectivity index (χ3v) is 5.51. The Morgan fingerprint density at radius 2 is 1.74 bits per heavy atom. The number of nitrogens with two attached hydrogens (primary N) is 1. The molecule has 1 unspecified atom stereocenters. The number of rotatable bonds is 6. The summed E-state index contributed by atoms with van der Waals surface area (Å²) in [7, 11) is 0. The van der Waals surface area contributed by atoms with Crippen LogP contribution < -0.4 is 11.2 Å². The summed E-state index contributed by atoms with van der Waals surface area (Å²) < 4.78 is 43.6. The van der Waals surface area contributed by atoms with E-state index in [-0.39, 0.29) is 16.4 Å². The van der Waals surface area contributed by atoms with Crippen molar-refractivity contribution in [3.05, 3.63) is 82.1 Å². The van der Waals surface area contributed by atoms with E-state index in [2.05, 4.69) is 0 Å². The number of hydrogen-bond donors (Lipinski definition) is 2. The van der Waals surface area contributed by atoms with E-state index in [0.717, 1.165) is 0 Å². The average molecular weight is 432 g/mol. The maximum atomic E-state index is 14.1. The minimum Gasteiger partial charge on any atom is -0.379 e. The number of carbonyl (C=O) groups is 1. The molecular weight excluding hydrogens is 409 g/mol. The summed E-state index contributed by atoms with van der Waals surface area (Å²) in [5.41, 5.74) is 1.64. The predicted octanol–water partition coefficient (Wildman–Crippen LogP) is 3.76. The SMILES string of the molecule is CC(C)(CC(O)(Cn1ccc(=O)c2ccccc21)C(F)(F)F)c1cccc(C(N)=O)c1. The van der Waals surface area contributed by atoms with Crippen LogP contribution in [0.15, 0.2) is 65.6 Å². The van der Waals surface area contributed by atoms with Crippen LogP contribution in [0.1, 0.15) is 36.2 Å². The highest BCUT2D eigenvalue weighted by atomic mass is 19.4. The topological polar surface area (TPSA) is 85.3 Å². The van der Waals surface area contributed by atoms with Crippen LogP contribution in [-0.2, 0) is 12.0 Å². The second kappa shape index (κ2) is 7.85. The van der Waals surface area contributed by atoms with Crippen molar-refractivity contribution >= 4 is 16.8 Å². The Morgan fingerprint density at radius 3 is 2.39 bits per heavy atom. The molecule has 0 radical (unpaired) electrons. The van der Waals surface area contributed by atoms with Crippen LogP contribution in [0.5, 0.6) is 0 Å². The van der Waals surface area contributed by atoms with Crippen LogP contribution in [0.4, 0.5) is 13.2 Å². The molecule has 8 heteroatoms. The molecule has 0 aliphatic carbocycles. The number of alkyl halides is 3. The molecule has 5 nitrogen and oxygen atoms in total. The van der Waals surface area contributed by atoms with Crippen LogP contribution in [0, 0.1) is 0 Å². The Labute approximate surface area is 176 Å². The van der Waals surface area contributed by atoms with Crippen molar-refractivity contribution in [3.63, 3.8) is 0 Å². The van der Waals surface area contributed by atoms with Gasteiger partial charge in [-0.15, -0.1) is 0 Å². The number of aliphatic hydroxyl groups is 1. The number of para-hydroxylation sites is 1. The van der Waals surface area contributed by atoms with Crippen molar-refractivity contribution in [2.75, 3.05) is 0 Å². The molecule has 3 aromatic rings. The van der Waals surface area contributed by atoms with Gasteiger partial charge in [0.05, 0.1) is 12.1 Å². The number of nitrogens with zero attached hydrogens (tertiary/aromatic N) is 1. The Balaban J connectivity index is 2.04. The largest absolute Gasteiger partial charge is 0.418 e. The second-order valence-electron chi connectivity index (χ2n) is 8.36. The van der Waals surface area contributed by atoms with Gasteiger partial charge in [-0.1, -0.05) is 38.1 Å². The lowest BCUT2D eigenvalue weighted by Crippen LogP contribution is -2.52. The molecule has 3 rings (SSSR count). The quantitative estimate of drug-likeness (QED) is 0.622. The van der Waals surface area contributed by atoms with Crippen LogP contribution in [0.2, 0.25) is 0 Å². The summed E-state index contributed by atoms with van der Waals surface area (Å²) in [6.07, 6.45) is -4.37. The number of pyridine rings is 1. The van der Waals surface area contributed by atoms with Gasteiger partial charge in [0.1, 0.15) is 0 Å². The van der Waals surface area contributed by atoms with Gasteiger partial charge in [-0.05, 0) is 41.7 Å². The minimum atomic E-state index is -4.95. The fourth-order valence-electron chi connectivity index (χ4n) is 3.85. The lowest BCUT2D eigenvalue weighted by molar-refractivity contribution is -0.271. The first kappa shape index (κ1) is 22.6. The highest BCUT2D eigenvalue weighted by Crippen LogP contribution is 2.42. The molecule has 31 heavy (non-hydrogen) atoms. The number of fused-ring (bicyclic) bond motifs is 1. The van der Waals surface area contributed by atoms with Crippen molar-refractivity contribution in [3.8, 4) is 0 Å². The van der Waals surface area contributed by atoms with Crippen LogP contribution in [-0.4, -0.2) is 27.4 Å². The summed E-state index contributed by atoms with van der Waals surface area (Å²) >= 11 is 0. The third kappa shape index (κ3) is 4.49. The lowest BCUT2D eigenvalue weighted by Gasteiger charge is -2.38. The molecule has 1 atom stereocenters. The van der Waals surface area contributed by atoms with E-state index in [9.17, 15) is 27.9 Å². The highest BCUT2D eigenvalue weighted by Gasteiger charge is 2.56. The molecule has 0 saturated heterocycles. The molecule has 0 saturated carbocycles. The van der Waals surface area contributed by atoms with Crippen molar-refractivity contribution in [1.82, 2.24) is 4.57 Å². The smallest absolute Gasteiger partial charge is 0.379 e. The normalized spacial score (nSPS) is 14.4. The summed E-state index contributed by atoms with van der Waals surface area (Å²) in [4.78, 5) is 23.5. The van der Waals surface area contributed by atoms with Crippen LogP contribution >= 0.6 is 0 Å². The molecule has 0 aliphatic rings. The molecule has 1 heterocycles. The standard InChI is InChI=1S/C23H23F3N2O3/c1-21(2,16-7-5-6-15(12-16)20(27)30)13-22(31,23(24,25)26)14-28-11-10-19(29)17-8-3-4-9-18(17)28/h3-12,31H,13-14H2,1-2H3,(H2,27,30). The Bertz CT molecular complexity index is 1180. The maximum Gasteiger partial charge on any atom is 0.418 e. The minimum absolute atomic E-state index is 0.174. The number of carbonyl (C=O) groups excluding carboxylic acids is 1. The van der Waals surface area contributed by atoms with Crippen LogP contribution in [0.3, 0.4) is 0 Å². The van der Waals surface area contributed by atoms with Gasteiger partial charge >= 0.3 is 6.18 Å². The first-order valence-electron chi connectivity index (χ1n) is 9.62. The lowest BCUT2D eigenvalue weighted by atomic mass is 9.74. The Morgan fingerprint density at radius 1 is 1.06 bits per heavy atom. The van der Waals surface area contributed by atoms with Crippen LogP contribution in [0.25, 0.3) is 10.9 Å². The maximum absolute atomic E-state index is 14.1. The molecule has 1 aromatic heterocycles.